The van der Waals surface area contributed by atoms with E-state index < -0.39 is 16.7 Å². The average Bonchev–Trinajstić information content (AvgIpc) is 3.25. The lowest BCUT2D eigenvalue weighted by molar-refractivity contribution is -0.402. The molecule has 7 nitrogen and oxygen atoms in total. The molecule has 1 N–H and O–H groups in total. The molecule has 2 aromatic heterocycles. The predicted octanol–water partition coefficient (Wildman–Crippen LogP) is 4.57. The van der Waals surface area contributed by atoms with Gasteiger partial charge < -0.3 is 14.3 Å². The highest BCUT2D eigenvalue weighted by Gasteiger charge is 2.18. The monoisotopic (exact) mass is 349 g/mol. The van der Waals surface area contributed by atoms with Crippen LogP contribution in [-0.2, 0) is 6.54 Å². The van der Waals surface area contributed by atoms with Crippen LogP contribution < -0.4 is 5.32 Å². The fourth-order valence-electron chi connectivity index (χ4n) is 3.21. The number of hydrogen-bond donors (Lipinski definition) is 1. The number of carbonyl (C=O) groups is 1. The highest BCUT2D eigenvalue weighted by Crippen LogP contribution is 2.31. The molecule has 0 aliphatic heterocycles. The van der Waals surface area contributed by atoms with Crippen molar-refractivity contribution in [2.24, 2.45) is 0 Å². The molecule has 0 aliphatic carbocycles. The summed E-state index contributed by atoms with van der Waals surface area (Å²) in [6, 6.07) is 16.2. The minimum absolute atomic E-state index is 0.104. The summed E-state index contributed by atoms with van der Waals surface area (Å²) >= 11 is 0. The normalized spacial score (nSPS) is 11.1. The number of carbonyl (C=O) groups excluding carboxylic acids is 1. The number of nitrogens with one attached hydrogen (secondary N) is 1. The molecular formula is C19H15N3O4. The maximum Gasteiger partial charge on any atom is 0.433 e. The first-order chi connectivity index (χ1) is 12.6. The summed E-state index contributed by atoms with van der Waals surface area (Å²) in [5, 5.41) is 15.5. The van der Waals surface area contributed by atoms with Crippen molar-refractivity contribution in [2.75, 3.05) is 5.32 Å². The van der Waals surface area contributed by atoms with Crippen LogP contribution in [-0.4, -0.2) is 15.4 Å². The Morgan fingerprint density at radius 2 is 1.88 bits per heavy atom. The smallest absolute Gasteiger partial charge is 0.395 e. The number of aryl methyl sites for hydroxylation is 1. The Kier molecular flexibility index (Phi) is 3.69. The lowest BCUT2D eigenvalue weighted by Gasteiger charge is -2.05. The maximum absolute atomic E-state index is 12.3. The van der Waals surface area contributed by atoms with Crippen molar-refractivity contribution in [1.29, 1.82) is 0 Å². The summed E-state index contributed by atoms with van der Waals surface area (Å²) < 4.78 is 7.16. The molecule has 0 unspecified atom stereocenters. The second-order valence-electron chi connectivity index (χ2n) is 5.84. The lowest BCUT2D eigenvalue weighted by atomic mass is 10.1. The molecule has 2 aromatic carbocycles. The number of benzene rings is 2. The minimum atomic E-state index is -0.678. The van der Waals surface area contributed by atoms with E-state index in [0.29, 0.717) is 5.69 Å². The third kappa shape index (κ3) is 2.50. The topological polar surface area (TPSA) is 90.3 Å². The van der Waals surface area contributed by atoms with Crippen molar-refractivity contribution >= 4 is 39.3 Å². The van der Waals surface area contributed by atoms with Crippen LogP contribution in [0.2, 0.25) is 0 Å². The molecule has 0 saturated heterocycles. The van der Waals surface area contributed by atoms with Gasteiger partial charge in [-0.05, 0) is 37.3 Å². The van der Waals surface area contributed by atoms with Gasteiger partial charge in [0.05, 0.1) is 6.07 Å². The van der Waals surface area contributed by atoms with Crippen molar-refractivity contribution in [2.45, 2.75) is 13.5 Å². The van der Waals surface area contributed by atoms with E-state index in [1.54, 1.807) is 0 Å². The van der Waals surface area contributed by atoms with E-state index in [4.69, 9.17) is 4.42 Å². The summed E-state index contributed by atoms with van der Waals surface area (Å²) in [6.45, 7) is 2.93. The Morgan fingerprint density at radius 3 is 2.62 bits per heavy atom. The number of para-hydroxylation sites is 1. The Balaban J connectivity index is 1.72. The van der Waals surface area contributed by atoms with Crippen molar-refractivity contribution in [1.82, 2.24) is 4.57 Å². The molecule has 2 heterocycles. The molecule has 0 bridgehead atoms. The highest BCUT2D eigenvalue weighted by molar-refractivity contribution is 6.10. The van der Waals surface area contributed by atoms with Gasteiger partial charge in [0.1, 0.15) is 4.92 Å². The van der Waals surface area contributed by atoms with Crippen LogP contribution in [0.25, 0.3) is 21.8 Å². The summed E-state index contributed by atoms with van der Waals surface area (Å²) in [6.07, 6.45) is 0. The van der Waals surface area contributed by atoms with Gasteiger partial charge in [-0.1, -0.05) is 18.2 Å². The number of rotatable bonds is 4. The zero-order valence-corrected chi connectivity index (χ0v) is 13.9. The van der Waals surface area contributed by atoms with E-state index in [0.717, 1.165) is 34.4 Å². The fourth-order valence-corrected chi connectivity index (χ4v) is 3.21. The van der Waals surface area contributed by atoms with E-state index in [1.165, 1.54) is 6.07 Å². The second-order valence-corrected chi connectivity index (χ2v) is 5.84. The Labute approximate surface area is 148 Å². The van der Waals surface area contributed by atoms with Gasteiger partial charge in [-0.25, -0.2) is 0 Å². The third-order valence-electron chi connectivity index (χ3n) is 4.34. The summed E-state index contributed by atoms with van der Waals surface area (Å²) in [4.78, 5) is 22.3. The Bertz CT molecular complexity index is 1160. The van der Waals surface area contributed by atoms with Crippen LogP contribution in [0, 0.1) is 10.1 Å². The highest BCUT2D eigenvalue weighted by atomic mass is 16.6. The number of nitrogens with zero attached hydrogens (tertiary/aromatic N) is 2. The number of anilines is 1. The Hall–Kier alpha value is -3.61. The molecule has 130 valence electrons. The number of amides is 1. The van der Waals surface area contributed by atoms with Gasteiger partial charge >= 0.3 is 5.88 Å². The summed E-state index contributed by atoms with van der Waals surface area (Å²) in [7, 11) is 0. The van der Waals surface area contributed by atoms with Crippen LogP contribution in [0.1, 0.15) is 17.5 Å². The standard InChI is InChI=1S/C19H15N3O4/c1-2-21-15-6-4-3-5-13(15)14-11-12(7-8-16(14)21)20-19(23)17-9-10-18(26-17)22(24)25/h3-11H,2H2,1H3,(H,20,23). The lowest BCUT2D eigenvalue weighted by Crippen LogP contribution is -2.10. The van der Waals surface area contributed by atoms with Gasteiger partial charge in [0, 0.05) is 34.0 Å². The van der Waals surface area contributed by atoms with Crippen LogP contribution in [0.5, 0.6) is 0 Å². The zero-order valence-electron chi connectivity index (χ0n) is 13.9. The quantitative estimate of drug-likeness (QED) is 0.432. The number of hydrogen-bond acceptors (Lipinski definition) is 4. The summed E-state index contributed by atoms with van der Waals surface area (Å²) in [5.74, 6) is -1.10. The first kappa shape index (κ1) is 15.9. The average molecular weight is 349 g/mol. The number of furan rings is 1. The van der Waals surface area contributed by atoms with Crippen LogP contribution in [0.4, 0.5) is 11.6 Å². The molecule has 4 aromatic rings. The van der Waals surface area contributed by atoms with Gasteiger partial charge in [0.15, 0.2) is 5.76 Å². The van der Waals surface area contributed by atoms with E-state index in [9.17, 15) is 14.9 Å². The molecular weight excluding hydrogens is 334 g/mol. The first-order valence-electron chi connectivity index (χ1n) is 8.15. The SMILES string of the molecule is CCn1c2ccccc2c2cc(NC(=O)c3ccc([N+](=O)[O-])o3)ccc21. The van der Waals surface area contributed by atoms with Gasteiger partial charge in [0.2, 0.25) is 0 Å². The molecule has 0 saturated carbocycles. The molecule has 0 atom stereocenters. The molecule has 1 amide bonds. The van der Waals surface area contributed by atoms with Crippen molar-refractivity contribution in [3.63, 3.8) is 0 Å². The van der Waals surface area contributed by atoms with Crippen molar-refractivity contribution < 1.29 is 14.1 Å². The number of fused-ring (bicyclic) bond motifs is 3. The molecule has 7 heteroatoms. The number of nitro groups is 1. The second kappa shape index (κ2) is 6.03. The van der Waals surface area contributed by atoms with Crippen molar-refractivity contribution in [3.8, 4) is 0 Å². The number of aromatic nitrogens is 1. The molecule has 0 fully saturated rings. The molecule has 4 rings (SSSR count). The minimum Gasteiger partial charge on any atom is -0.395 e. The molecule has 26 heavy (non-hydrogen) atoms. The molecule has 0 spiro atoms. The van der Waals surface area contributed by atoms with E-state index in [2.05, 4.69) is 22.9 Å². The molecule has 0 radical (unpaired) electrons. The Morgan fingerprint density at radius 1 is 1.12 bits per heavy atom. The van der Waals surface area contributed by atoms with Gasteiger partial charge in [-0.15, -0.1) is 0 Å². The third-order valence-corrected chi connectivity index (χ3v) is 4.34. The first-order valence-corrected chi connectivity index (χ1v) is 8.15. The van der Waals surface area contributed by atoms with Gasteiger partial charge in [-0.2, -0.15) is 0 Å². The van der Waals surface area contributed by atoms with Crippen LogP contribution >= 0.6 is 0 Å². The van der Waals surface area contributed by atoms with Gasteiger partial charge in [-0.3, -0.25) is 14.9 Å². The van der Waals surface area contributed by atoms with Gasteiger partial charge in [0.25, 0.3) is 5.91 Å². The van der Waals surface area contributed by atoms with E-state index in [1.807, 2.05) is 36.4 Å². The summed E-state index contributed by atoms with van der Waals surface area (Å²) in [5.41, 5.74) is 2.82. The van der Waals surface area contributed by atoms with Crippen LogP contribution in [0.3, 0.4) is 0 Å². The fraction of sp³-hybridized carbons (Fsp3) is 0.105. The molecule has 0 aliphatic rings. The largest absolute Gasteiger partial charge is 0.433 e. The van der Waals surface area contributed by atoms with Crippen molar-refractivity contribution in [3.05, 3.63) is 70.5 Å². The van der Waals surface area contributed by atoms with Crippen LogP contribution in [0.15, 0.2) is 59.0 Å². The maximum atomic E-state index is 12.3. The van der Waals surface area contributed by atoms with E-state index >= 15 is 0 Å². The zero-order chi connectivity index (χ0) is 18.3. The van der Waals surface area contributed by atoms with E-state index in [-0.39, 0.29) is 5.76 Å². The predicted molar refractivity (Wildman–Crippen MR) is 98.4 cm³/mol.